The first-order valence-corrected chi connectivity index (χ1v) is 14.1. The van der Waals surface area contributed by atoms with E-state index >= 15 is 0 Å². The van der Waals surface area contributed by atoms with Crippen molar-refractivity contribution in [3.8, 4) is 0 Å². The van der Waals surface area contributed by atoms with Crippen LogP contribution in [-0.4, -0.2) is 225 Å². The zero-order valence-corrected chi connectivity index (χ0v) is 23.4. The smallest absolute Gasteiger partial charge is 0.187 e. The van der Waals surface area contributed by atoms with Gasteiger partial charge < -0.3 is 105 Å². The van der Waals surface area contributed by atoms with Crippen LogP contribution < -0.4 is 0 Å². The van der Waals surface area contributed by atoms with Crippen LogP contribution >= 0.6 is 0 Å². The highest BCUT2D eigenvalue weighted by Crippen LogP contribution is 2.31. The Balaban J connectivity index is 1.38. The van der Waals surface area contributed by atoms with Crippen LogP contribution in [0, 0.1) is 0 Å². The molecule has 1 aliphatic carbocycles. The molecular weight excluding hydrogens is 624 g/mol. The van der Waals surface area contributed by atoms with Gasteiger partial charge in [-0.2, -0.15) is 0 Å². The Kier molecular flexibility index (Phi) is 12.5. The summed E-state index contributed by atoms with van der Waals surface area (Å²) in [5, 5.41) is 152. The van der Waals surface area contributed by atoms with E-state index in [1.165, 1.54) is 0 Å². The predicted octanol–water partition coefficient (Wildman–Crippen LogP) is -10.4. The van der Waals surface area contributed by atoms with Crippen LogP contribution in [0.2, 0.25) is 0 Å². The van der Waals surface area contributed by atoms with Crippen LogP contribution in [0.4, 0.5) is 0 Å². The van der Waals surface area contributed by atoms with Crippen molar-refractivity contribution in [2.75, 3.05) is 19.8 Å². The molecule has 3 aliphatic heterocycles. The Hall–Kier alpha value is -0.840. The van der Waals surface area contributed by atoms with E-state index < -0.39 is 149 Å². The normalized spacial score (nSPS) is 54.6. The van der Waals surface area contributed by atoms with Crippen LogP contribution in [-0.2, 0) is 28.4 Å². The van der Waals surface area contributed by atoms with Crippen LogP contribution in [0.1, 0.15) is 0 Å². The molecule has 0 radical (unpaired) electrons. The molecule has 264 valence electrons. The Labute approximate surface area is 254 Å². The van der Waals surface area contributed by atoms with Crippen LogP contribution in [0.15, 0.2) is 0 Å². The lowest BCUT2D eigenvalue weighted by Crippen LogP contribution is -2.67. The third-order valence-corrected chi connectivity index (χ3v) is 8.40. The van der Waals surface area contributed by atoms with Crippen molar-refractivity contribution in [3.63, 3.8) is 0 Å². The van der Waals surface area contributed by atoms with Crippen LogP contribution in [0.3, 0.4) is 0 Å². The molecule has 0 amide bonds. The minimum atomic E-state index is -2.01. The molecule has 3 heterocycles. The summed E-state index contributed by atoms with van der Waals surface area (Å²) in [7, 11) is 0. The summed E-state index contributed by atoms with van der Waals surface area (Å²) in [5.74, 6) is 0. The number of hydrogen-bond acceptors (Lipinski definition) is 21. The van der Waals surface area contributed by atoms with Gasteiger partial charge in [-0.05, 0) is 0 Å². The largest absolute Gasteiger partial charge is 0.394 e. The van der Waals surface area contributed by atoms with Gasteiger partial charge in [0.1, 0.15) is 110 Å². The highest BCUT2D eigenvalue weighted by Gasteiger charge is 2.53. The van der Waals surface area contributed by atoms with E-state index in [0.29, 0.717) is 0 Å². The predicted molar refractivity (Wildman–Crippen MR) is 134 cm³/mol. The van der Waals surface area contributed by atoms with E-state index in [1.54, 1.807) is 0 Å². The van der Waals surface area contributed by atoms with E-state index in [0.717, 1.165) is 0 Å². The van der Waals surface area contributed by atoms with Crippen molar-refractivity contribution in [2.24, 2.45) is 0 Å². The minimum absolute atomic E-state index is 0.657. The molecule has 21 atom stereocenters. The van der Waals surface area contributed by atoms with Crippen molar-refractivity contribution in [1.82, 2.24) is 0 Å². The third kappa shape index (κ3) is 7.44. The number of aliphatic hydroxyl groups excluding tert-OH is 15. The van der Waals surface area contributed by atoms with E-state index in [2.05, 4.69) is 0 Å². The molecule has 0 aromatic heterocycles. The van der Waals surface area contributed by atoms with Gasteiger partial charge in [0.25, 0.3) is 0 Å². The Morgan fingerprint density at radius 1 is 0.356 bits per heavy atom. The molecule has 4 aliphatic rings. The highest BCUT2D eigenvalue weighted by molar-refractivity contribution is 5.01. The molecule has 4 fully saturated rings. The lowest BCUT2D eigenvalue weighted by atomic mass is 9.84. The van der Waals surface area contributed by atoms with Gasteiger partial charge in [0.2, 0.25) is 0 Å². The average molecular weight is 667 g/mol. The molecule has 4 rings (SSSR count). The van der Waals surface area contributed by atoms with Gasteiger partial charge >= 0.3 is 0 Å². The van der Waals surface area contributed by atoms with Gasteiger partial charge in [-0.1, -0.05) is 0 Å². The summed E-state index contributed by atoms with van der Waals surface area (Å²) in [5.41, 5.74) is 0. The second-order valence-electron chi connectivity index (χ2n) is 11.4. The summed E-state index contributed by atoms with van der Waals surface area (Å²) in [6.07, 6.45) is -38.1. The highest BCUT2D eigenvalue weighted by atomic mass is 16.7. The lowest BCUT2D eigenvalue weighted by molar-refractivity contribution is -0.354. The second-order valence-corrected chi connectivity index (χ2v) is 11.4. The van der Waals surface area contributed by atoms with Gasteiger partial charge in [-0.3, -0.25) is 0 Å². The van der Waals surface area contributed by atoms with Gasteiger partial charge in [0.15, 0.2) is 18.9 Å². The minimum Gasteiger partial charge on any atom is -0.394 e. The maximum absolute atomic E-state index is 10.4. The summed E-state index contributed by atoms with van der Waals surface area (Å²) in [4.78, 5) is 0. The number of hydrogen-bond donors (Lipinski definition) is 15. The van der Waals surface area contributed by atoms with Crippen molar-refractivity contribution in [2.45, 2.75) is 129 Å². The van der Waals surface area contributed by atoms with Gasteiger partial charge in [0, 0.05) is 0 Å². The quantitative estimate of drug-likeness (QED) is 0.109. The maximum atomic E-state index is 10.4. The summed E-state index contributed by atoms with van der Waals surface area (Å²) < 4.78 is 32.1. The van der Waals surface area contributed by atoms with Gasteiger partial charge in [-0.15, -0.1) is 0 Å². The van der Waals surface area contributed by atoms with Gasteiger partial charge in [0.05, 0.1) is 19.8 Å². The SMILES string of the molecule is OC[C@H]1O[C@H](OC[C@H]2O[C@H](OC[C@H]3O[C@H](OC4[C@@H](O)[C@@H](O)C(O)[C@H](O)[C@H]4O)[C@H](O)[C@@H](O)[C@H]3O)[C@H](O)[C@@H](O)[C@H]2O)[C@H](O)[C@@H](O)[C@H]1O. The zero-order valence-electron chi connectivity index (χ0n) is 23.4. The van der Waals surface area contributed by atoms with Gasteiger partial charge in [-0.25, -0.2) is 0 Å². The summed E-state index contributed by atoms with van der Waals surface area (Å²) in [6.45, 7) is -2.15. The number of aliphatic hydroxyl groups is 15. The first kappa shape index (κ1) is 37.0. The van der Waals surface area contributed by atoms with E-state index in [4.69, 9.17) is 28.4 Å². The van der Waals surface area contributed by atoms with Crippen molar-refractivity contribution in [1.29, 1.82) is 0 Å². The lowest BCUT2D eigenvalue weighted by Gasteiger charge is -2.46. The fourth-order valence-electron chi connectivity index (χ4n) is 5.46. The molecular formula is C24H42O21. The zero-order chi connectivity index (χ0) is 33.5. The first-order chi connectivity index (χ1) is 21.1. The van der Waals surface area contributed by atoms with E-state index in [9.17, 15) is 76.6 Å². The van der Waals surface area contributed by atoms with E-state index in [1.807, 2.05) is 0 Å². The average Bonchev–Trinajstić information content (AvgIpc) is 3.03. The molecule has 2 unspecified atom stereocenters. The van der Waals surface area contributed by atoms with Crippen LogP contribution in [0.5, 0.6) is 0 Å². The molecule has 3 saturated heterocycles. The fraction of sp³-hybridized carbons (Fsp3) is 1.00. The summed E-state index contributed by atoms with van der Waals surface area (Å²) in [6, 6.07) is 0. The second kappa shape index (κ2) is 15.1. The monoisotopic (exact) mass is 666 g/mol. The number of rotatable bonds is 9. The molecule has 0 spiro atoms. The Morgan fingerprint density at radius 3 is 1.09 bits per heavy atom. The van der Waals surface area contributed by atoms with Crippen molar-refractivity contribution >= 4 is 0 Å². The molecule has 21 heteroatoms. The topological polar surface area (TPSA) is 359 Å². The van der Waals surface area contributed by atoms with Crippen molar-refractivity contribution < 1.29 is 105 Å². The molecule has 0 bridgehead atoms. The van der Waals surface area contributed by atoms with Crippen molar-refractivity contribution in [3.05, 3.63) is 0 Å². The fourth-order valence-corrected chi connectivity index (χ4v) is 5.46. The van der Waals surface area contributed by atoms with Crippen LogP contribution in [0.25, 0.3) is 0 Å². The molecule has 1 saturated carbocycles. The van der Waals surface area contributed by atoms with E-state index in [-0.39, 0.29) is 0 Å². The molecule has 45 heavy (non-hydrogen) atoms. The standard InChI is InChI=1S/C24H42O21/c25-1-4-7(26)10(29)18(37)22(42-4)40-2-5-8(27)11(30)19(38)23(43-5)41-3-6-9(28)12(31)20(39)24(44-6)45-21-16(35)14(33)13(32)15(34)17(21)36/h4-39H,1-3H2/t4-,5-,6-,7+,8+,9+,10+,11+,12+,13?,14+,15+,16-,17+,18-,19-,20-,21?,22+,23+,24-/m1/s1. The summed E-state index contributed by atoms with van der Waals surface area (Å²) >= 11 is 0. The molecule has 0 aromatic rings. The number of ether oxygens (including phenoxy) is 6. The molecule has 0 aromatic carbocycles. The molecule has 15 N–H and O–H groups in total. The molecule has 21 nitrogen and oxygen atoms in total. The maximum Gasteiger partial charge on any atom is 0.187 e. The first-order valence-electron chi connectivity index (χ1n) is 14.1. The third-order valence-electron chi connectivity index (χ3n) is 8.40. The Bertz CT molecular complexity index is 915. The Morgan fingerprint density at radius 2 is 0.667 bits per heavy atom.